The zero-order valence-electron chi connectivity index (χ0n) is 11.3. The van der Waals surface area contributed by atoms with Gasteiger partial charge < -0.3 is 9.64 Å². The molecular weight excluding hydrogens is 246 g/mol. The number of halogens is 1. The zero-order chi connectivity index (χ0) is 13.0. The molecule has 1 aliphatic rings. The van der Waals surface area contributed by atoms with Crippen molar-refractivity contribution in [3.63, 3.8) is 0 Å². The first-order valence-electron chi connectivity index (χ1n) is 6.69. The predicted molar refractivity (Wildman–Crippen MR) is 77.6 cm³/mol. The van der Waals surface area contributed by atoms with E-state index in [4.69, 9.17) is 16.3 Å². The van der Waals surface area contributed by atoms with Gasteiger partial charge in [-0.05, 0) is 37.8 Å². The van der Waals surface area contributed by atoms with Crippen LogP contribution in [-0.2, 0) is 10.6 Å². The molecule has 1 unspecified atom stereocenters. The summed E-state index contributed by atoms with van der Waals surface area (Å²) >= 11 is 6.03. The third-order valence-electron chi connectivity index (χ3n) is 3.54. The first kappa shape index (κ1) is 13.7. The molecule has 1 aromatic carbocycles. The number of nitrogens with zero attached hydrogens (tertiary/aromatic N) is 1. The molecule has 1 atom stereocenters. The van der Waals surface area contributed by atoms with Crippen molar-refractivity contribution in [1.82, 2.24) is 0 Å². The van der Waals surface area contributed by atoms with Crippen LogP contribution >= 0.6 is 11.6 Å². The monoisotopic (exact) mass is 267 g/mol. The topological polar surface area (TPSA) is 12.5 Å². The lowest BCUT2D eigenvalue weighted by Crippen LogP contribution is -2.33. The van der Waals surface area contributed by atoms with Crippen molar-refractivity contribution in [2.45, 2.75) is 38.2 Å². The molecule has 0 aliphatic carbocycles. The van der Waals surface area contributed by atoms with Gasteiger partial charge in [-0.3, -0.25) is 0 Å². The van der Waals surface area contributed by atoms with Crippen molar-refractivity contribution >= 4 is 17.3 Å². The Morgan fingerprint density at radius 3 is 2.89 bits per heavy atom. The van der Waals surface area contributed by atoms with E-state index < -0.39 is 0 Å². The first-order valence-corrected chi connectivity index (χ1v) is 7.22. The van der Waals surface area contributed by atoms with E-state index in [2.05, 4.69) is 37.1 Å². The lowest BCUT2D eigenvalue weighted by Gasteiger charge is -2.29. The molecule has 0 N–H and O–H groups in total. The normalized spacial score (nSPS) is 19.8. The number of ether oxygens (including phenoxy) is 1. The van der Waals surface area contributed by atoms with Crippen LogP contribution in [0.5, 0.6) is 0 Å². The highest BCUT2D eigenvalue weighted by molar-refractivity contribution is 6.17. The Morgan fingerprint density at radius 2 is 2.22 bits per heavy atom. The molecule has 0 radical (unpaired) electrons. The Morgan fingerprint density at radius 1 is 1.39 bits per heavy atom. The predicted octanol–water partition coefficient (Wildman–Crippen LogP) is 3.74. The SMILES string of the molecule is Cc1ccc(N(C)CC2CCCCO2)c(CCl)c1. The van der Waals surface area contributed by atoms with Crippen LogP contribution in [0.4, 0.5) is 5.69 Å². The lowest BCUT2D eigenvalue weighted by atomic mass is 10.1. The van der Waals surface area contributed by atoms with Gasteiger partial charge in [0.25, 0.3) is 0 Å². The smallest absolute Gasteiger partial charge is 0.0749 e. The second-order valence-electron chi connectivity index (χ2n) is 5.13. The van der Waals surface area contributed by atoms with Gasteiger partial charge in [0.05, 0.1) is 6.10 Å². The molecule has 0 amide bonds. The van der Waals surface area contributed by atoms with Gasteiger partial charge in [-0.1, -0.05) is 17.7 Å². The molecule has 2 nitrogen and oxygen atoms in total. The molecule has 100 valence electrons. The largest absolute Gasteiger partial charge is 0.376 e. The molecule has 1 fully saturated rings. The minimum atomic E-state index is 0.369. The highest BCUT2D eigenvalue weighted by Crippen LogP contribution is 2.24. The van der Waals surface area contributed by atoms with Crippen molar-refractivity contribution in [1.29, 1.82) is 0 Å². The number of aryl methyl sites for hydroxylation is 1. The summed E-state index contributed by atoms with van der Waals surface area (Å²) in [6, 6.07) is 6.47. The maximum atomic E-state index is 6.03. The van der Waals surface area contributed by atoms with Crippen molar-refractivity contribution in [2.24, 2.45) is 0 Å². The van der Waals surface area contributed by atoms with Crippen molar-refractivity contribution in [2.75, 3.05) is 25.1 Å². The minimum Gasteiger partial charge on any atom is -0.376 e. The quantitative estimate of drug-likeness (QED) is 0.771. The summed E-state index contributed by atoms with van der Waals surface area (Å²) in [5.74, 6) is 0.562. The Bertz CT molecular complexity index is 388. The highest BCUT2D eigenvalue weighted by atomic mass is 35.5. The molecule has 1 heterocycles. The van der Waals surface area contributed by atoms with Gasteiger partial charge in [-0.25, -0.2) is 0 Å². The molecule has 1 aliphatic heterocycles. The molecule has 2 rings (SSSR count). The third kappa shape index (κ3) is 3.39. The van der Waals surface area contributed by atoms with E-state index in [9.17, 15) is 0 Å². The van der Waals surface area contributed by atoms with Gasteiger partial charge >= 0.3 is 0 Å². The van der Waals surface area contributed by atoms with Crippen LogP contribution < -0.4 is 4.90 Å². The van der Waals surface area contributed by atoms with Gasteiger partial charge in [0.1, 0.15) is 0 Å². The van der Waals surface area contributed by atoms with Crippen LogP contribution in [0.15, 0.2) is 18.2 Å². The summed E-state index contributed by atoms with van der Waals surface area (Å²) < 4.78 is 5.79. The number of likely N-dealkylation sites (N-methyl/N-ethyl adjacent to an activating group) is 1. The Hall–Kier alpha value is -0.730. The van der Waals surface area contributed by atoms with Crippen molar-refractivity contribution < 1.29 is 4.74 Å². The van der Waals surface area contributed by atoms with Crippen LogP contribution in [0.25, 0.3) is 0 Å². The maximum absolute atomic E-state index is 6.03. The number of alkyl halides is 1. The molecule has 1 aromatic rings. The first-order chi connectivity index (χ1) is 8.70. The maximum Gasteiger partial charge on any atom is 0.0749 e. The van der Waals surface area contributed by atoms with E-state index in [0.29, 0.717) is 12.0 Å². The van der Waals surface area contributed by atoms with E-state index in [1.807, 2.05) is 0 Å². The van der Waals surface area contributed by atoms with Crippen LogP contribution in [0.2, 0.25) is 0 Å². The van der Waals surface area contributed by atoms with Crippen molar-refractivity contribution in [3.05, 3.63) is 29.3 Å². The molecule has 18 heavy (non-hydrogen) atoms. The van der Waals surface area contributed by atoms with E-state index >= 15 is 0 Å². The van der Waals surface area contributed by atoms with Gasteiger partial charge in [0, 0.05) is 31.8 Å². The van der Waals surface area contributed by atoms with Crippen LogP contribution in [0, 0.1) is 6.92 Å². The number of rotatable bonds is 4. The summed E-state index contributed by atoms with van der Waals surface area (Å²) in [6.45, 7) is 3.96. The molecular formula is C15H22ClNO. The lowest BCUT2D eigenvalue weighted by molar-refractivity contribution is 0.0216. The van der Waals surface area contributed by atoms with Gasteiger partial charge in [-0.15, -0.1) is 11.6 Å². The molecule has 0 saturated carbocycles. The molecule has 0 spiro atoms. The van der Waals surface area contributed by atoms with Crippen LogP contribution in [0.1, 0.15) is 30.4 Å². The fourth-order valence-corrected chi connectivity index (χ4v) is 2.76. The van der Waals surface area contributed by atoms with Crippen molar-refractivity contribution in [3.8, 4) is 0 Å². The van der Waals surface area contributed by atoms with Gasteiger partial charge in [-0.2, -0.15) is 0 Å². The second kappa shape index (κ2) is 6.44. The number of hydrogen-bond acceptors (Lipinski definition) is 2. The average Bonchev–Trinajstić information content (AvgIpc) is 2.39. The van der Waals surface area contributed by atoms with Gasteiger partial charge in [0.15, 0.2) is 0 Å². The second-order valence-corrected chi connectivity index (χ2v) is 5.40. The number of anilines is 1. The summed E-state index contributed by atoms with van der Waals surface area (Å²) in [4.78, 5) is 2.27. The van der Waals surface area contributed by atoms with Crippen LogP contribution in [-0.4, -0.2) is 26.3 Å². The molecule has 1 saturated heterocycles. The Balaban J connectivity index is 2.05. The highest BCUT2D eigenvalue weighted by Gasteiger charge is 2.17. The third-order valence-corrected chi connectivity index (χ3v) is 3.83. The standard InChI is InChI=1S/C15H22ClNO/c1-12-6-7-15(13(9-12)10-16)17(2)11-14-5-3-4-8-18-14/h6-7,9,14H,3-5,8,10-11H2,1-2H3. The summed E-state index contributed by atoms with van der Waals surface area (Å²) in [7, 11) is 2.12. The van der Waals surface area contributed by atoms with E-state index in [1.54, 1.807) is 0 Å². The summed E-state index contributed by atoms with van der Waals surface area (Å²) in [5.41, 5.74) is 3.69. The van der Waals surface area contributed by atoms with E-state index in [0.717, 1.165) is 13.2 Å². The summed E-state index contributed by atoms with van der Waals surface area (Å²) in [6.07, 6.45) is 4.03. The number of hydrogen-bond donors (Lipinski definition) is 0. The molecule has 0 aromatic heterocycles. The number of benzene rings is 1. The average molecular weight is 268 g/mol. The molecule has 0 bridgehead atoms. The van der Waals surface area contributed by atoms with Crippen LogP contribution in [0.3, 0.4) is 0 Å². The van der Waals surface area contributed by atoms with E-state index in [1.165, 1.54) is 36.1 Å². The minimum absolute atomic E-state index is 0.369. The summed E-state index contributed by atoms with van der Waals surface area (Å²) in [5, 5.41) is 0. The van der Waals surface area contributed by atoms with E-state index in [-0.39, 0.29) is 0 Å². The Labute approximate surface area is 115 Å². The zero-order valence-corrected chi connectivity index (χ0v) is 12.0. The Kier molecular flexibility index (Phi) is 4.90. The molecule has 3 heteroatoms. The fourth-order valence-electron chi connectivity index (χ4n) is 2.55. The fraction of sp³-hybridized carbons (Fsp3) is 0.600. The van der Waals surface area contributed by atoms with Gasteiger partial charge in [0.2, 0.25) is 0 Å².